The topological polar surface area (TPSA) is 38.8 Å². The molecular formula is C24H25NO3. The number of carbonyl (C=O) groups excluding carboxylic acids is 1. The van der Waals surface area contributed by atoms with Gasteiger partial charge in [-0.15, -0.1) is 6.58 Å². The lowest BCUT2D eigenvalue weighted by Gasteiger charge is -2.28. The molecule has 0 N–H and O–H groups in total. The van der Waals surface area contributed by atoms with Gasteiger partial charge < -0.3 is 9.47 Å². The van der Waals surface area contributed by atoms with Crippen LogP contribution < -0.4 is 9.47 Å². The summed E-state index contributed by atoms with van der Waals surface area (Å²) in [6.45, 7) is 5.78. The van der Waals surface area contributed by atoms with E-state index in [9.17, 15) is 4.79 Å². The molecule has 0 bridgehead atoms. The normalized spacial score (nSPS) is 17.7. The van der Waals surface area contributed by atoms with Crippen LogP contribution in [0, 0.1) is 0 Å². The smallest absolute Gasteiger partial charge is 0.187 e. The molecule has 0 spiro atoms. The van der Waals surface area contributed by atoms with Gasteiger partial charge in [-0.1, -0.05) is 30.3 Å². The van der Waals surface area contributed by atoms with Gasteiger partial charge >= 0.3 is 0 Å². The number of rotatable bonds is 6. The van der Waals surface area contributed by atoms with Crippen LogP contribution in [0.2, 0.25) is 0 Å². The molecule has 0 aliphatic carbocycles. The van der Waals surface area contributed by atoms with Gasteiger partial charge in [0.1, 0.15) is 11.5 Å². The predicted octanol–water partition coefficient (Wildman–Crippen LogP) is 4.24. The number of likely N-dealkylation sites (tertiary alicyclic amines) is 1. The van der Waals surface area contributed by atoms with Crippen molar-refractivity contribution in [3.63, 3.8) is 0 Å². The Kier molecular flexibility index (Phi) is 6.45. The summed E-state index contributed by atoms with van der Waals surface area (Å²) in [5.41, 5.74) is 3.51. The highest BCUT2D eigenvalue weighted by molar-refractivity contribution is 6.14. The summed E-state index contributed by atoms with van der Waals surface area (Å²) in [5, 5.41) is 0. The van der Waals surface area contributed by atoms with Gasteiger partial charge in [0.2, 0.25) is 0 Å². The number of piperidine rings is 1. The minimum Gasteiger partial charge on any atom is -0.497 e. The Balaban J connectivity index is 1.91. The van der Waals surface area contributed by atoms with Crippen LogP contribution in [0.15, 0.2) is 72.3 Å². The average Bonchev–Trinajstić information content (AvgIpc) is 2.72. The van der Waals surface area contributed by atoms with Crippen molar-refractivity contribution < 1.29 is 14.3 Å². The van der Waals surface area contributed by atoms with Crippen LogP contribution in [0.25, 0.3) is 12.2 Å². The van der Waals surface area contributed by atoms with E-state index in [0.717, 1.165) is 40.3 Å². The Morgan fingerprint density at radius 1 is 0.857 bits per heavy atom. The van der Waals surface area contributed by atoms with Crippen LogP contribution in [-0.2, 0) is 4.79 Å². The minimum absolute atomic E-state index is 0.0898. The van der Waals surface area contributed by atoms with Crippen molar-refractivity contribution in [1.82, 2.24) is 4.90 Å². The highest BCUT2D eigenvalue weighted by Gasteiger charge is 2.25. The van der Waals surface area contributed by atoms with E-state index in [-0.39, 0.29) is 5.78 Å². The summed E-state index contributed by atoms with van der Waals surface area (Å²) in [4.78, 5) is 15.3. The van der Waals surface area contributed by atoms with E-state index in [1.807, 2.05) is 66.8 Å². The lowest BCUT2D eigenvalue weighted by molar-refractivity contribution is -0.113. The van der Waals surface area contributed by atoms with Gasteiger partial charge in [-0.25, -0.2) is 0 Å². The third kappa shape index (κ3) is 4.78. The molecule has 1 saturated heterocycles. The molecular weight excluding hydrogens is 350 g/mol. The minimum atomic E-state index is 0.0898. The van der Waals surface area contributed by atoms with Crippen molar-refractivity contribution in [2.24, 2.45) is 0 Å². The molecule has 0 atom stereocenters. The molecule has 0 saturated carbocycles. The average molecular weight is 375 g/mol. The molecule has 2 aromatic rings. The van der Waals surface area contributed by atoms with Gasteiger partial charge in [-0.2, -0.15) is 0 Å². The number of hydrogen-bond acceptors (Lipinski definition) is 4. The lowest BCUT2D eigenvalue weighted by atomic mass is 9.94. The molecule has 0 unspecified atom stereocenters. The first-order chi connectivity index (χ1) is 13.6. The van der Waals surface area contributed by atoms with Gasteiger partial charge in [-0.05, 0) is 47.5 Å². The maximum absolute atomic E-state index is 13.1. The number of benzene rings is 2. The molecule has 2 aromatic carbocycles. The third-order valence-corrected chi connectivity index (χ3v) is 4.67. The second-order valence-electron chi connectivity index (χ2n) is 6.67. The Labute approximate surface area is 166 Å². The van der Waals surface area contributed by atoms with Crippen molar-refractivity contribution in [3.05, 3.63) is 83.5 Å². The maximum Gasteiger partial charge on any atom is 0.187 e. The SMILES string of the molecule is C=CCN1C/C(=C\c2ccc(OC)cc2)C(=O)/C(=C/c2ccc(OC)cc2)C1. The van der Waals surface area contributed by atoms with Crippen LogP contribution in [-0.4, -0.2) is 44.5 Å². The van der Waals surface area contributed by atoms with Gasteiger partial charge in [0.05, 0.1) is 14.2 Å². The molecule has 1 fully saturated rings. The summed E-state index contributed by atoms with van der Waals surface area (Å²) < 4.78 is 10.4. The first-order valence-electron chi connectivity index (χ1n) is 9.20. The molecule has 1 aliphatic heterocycles. The van der Waals surface area contributed by atoms with Crippen LogP contribution in [0.3, 0.4) is 0 Å². The fourth-order valence-electron chi connectivity index (χ4n) is 3.22. The second kappa shape index (κ2) is 9.20. The number of carbonyl (C=O) groups is 1. The molecule has 4 nitrogen and oxygen atoms in total. The molecule has 0 aromatic heterocycles. The monoisotopic (exact) mass is 375 g/mol. The van der Waals surface area contributed by atoms with E-state index in [4.69, 9.17) is 9.47 Å². The fourth-order valence-corrected chi connectivity index (χ4v) is 3.22. The van der Waals surface area contributed by atoms with Gasteiger partial charge in [-0.3, -0.25) is 9.69 Å². The Morgan fingerprint density at radius 3 is 1.64 bits per heavy atom. The molecule has 1 heterocycles. The van der Waals surface area contributed by atoms with Gasteiger partial charge in [0.25, 0.3) is 0 Å². The maximum atomic E-state index is 13.1. The van der Waals surface area contributed by atoms with Crippen molar-refractivity contribution in [1.29, 1.82) is 0 Å². The van der Waals surface area contributed by atoms with Crippen molar-refractivity contribution in [3.8, 4) is 11.5 Å². The number of nitrogens with zero attached hydrogens (tertiary/aromatic N) is 1. The summed E-state index contributed by atoms with van der Waals surface area (Å²) in [5.74, 6) is 1.68. The largest absolute Gasteiger partial charge is 0.497 e. The van der Waals surface area contributed by atoms with E-state index < -0.39 is 0 Å². The molecule has 3 rings (SSSR count). The predicted molar refractivity (Wildman–Crippen MR) is 114 cm³/mol. The highest BCUT2D eigenvalue weighted by Crippen LogP contribution is 2.23. The van der Waals surface area contributed by atoms with E-state index in [2.05, 4.69) is 11.5 Å². The lowest BCUT2D eigenvalue weighted by Crippen LogP contribution is -2.37. The molecule has 1 aliphatic rings. The van der Waals surface area contributed by atoms with E-state index in [0.29, 0.717) is 13.1 Å². The Hall–Kier alpha value is -3.11. The molecule has 4 heteroatoms. The van der Waals surface area contributed by atoms with Crippen molar-refractivity contribution in [2.45, 2.75) is 0 Å². The third-order valence-electron chi connectivity index (χ3n) is 4.67. The molecule has 144 valence electrons. The van der Waals surface area contributed by atoms with Crippen LogP contribution in [0.4, 0.5) is 0 Å². The van der Waals surface area contributed by atoms with Crippen LogP contribution in [0.1, 0.15) is 11.1 Å². The summed E-state index contributed by atoms with van der Waals surface area (Å²) in [6, 6.07) is 15.4. The number of methoxy groups -OCH3 is 2. The highest BCUT2D eigenvalue weighted by atomic mass is 16.5. The first-order valence-corrected chi connectivity index (χ1v) is 9.20. The Bertz CT molecular complexity index is 823. The first kappa shape index (κ1) is 19.6. The van der Waals surface area contributed by atoms with Crippen LogP contribution >= 0.6 is 0 Å². The zero-order valence-corrected chi connectivity index (χ0v) is 16.4. The van der Waals surface area contributed by atoms with Crippen molar-refractivity contribution in [2.75, 3.05) is 33.9 Å². The standard InChI is InChI=1S/C24H25NO3/c1-4-13-25-16-20(14-18-5-9-22(27-2)10-6-18)24(26)21(17-25)15-19-7-11-23(28-3)12-8-19/h4-12,14-15H,1,13,16-17H2,2-3H3/b20-14+,21-15+. The zero-order valence-electron chi connectivity index (χ0n) is 16.4. The number of ether oxygens (including phenoxy) is 2. The van der Waals surface area contributed by atoms with Crippen LogP contribution in [0.5, 0.6) is 11.5 Å². The fraction of sp³-hybridized carbons (Fsp3) is 0.208. The van der Waals surface area contributed by atoms with E-state index in [1.54, 1.807) is 14.2 Å². The number of Topliss-reactive ketones (excluding diaryl/α,β-unsaturated/α-hetero) is 1. The quantitative estimate of drug-likeness (QED) is 0.559. The zero-order chi connectivity index (χ0) is 19.9. The summed E-state index contributed by atoms with van der Waals surface area (Å²) in [7, 11) is 3.28. The van der Waals surface area contributed by atoms with Gasteiger partial charge in [0.15, 0.2) is 5.78 Å². The number of ketones is 1. The second-order valence-corrected chi connectivity index (χ2v) is 6.67. The number of hydrogen-bond donors (Lipinski definition) is 0. The molecule has 0 radical (unpaired) electrons. The summed E-state index contributed by atoms with van der Waals surface area (Å²) >= 11 is 0. The summed E-state index contributed by atoms with van der Waals surface area (Å²) in [6.07, 6.45) is 5.78. The van der Waals surface area contributed by atoms with E-state index >= 15 is 0 Å². The molecule has 28 heavy (non-hydrogen) atoms. The van der Waals surface area contributed by atoms with E-state index in [1.165, 1.54) is 0 Å². The van der Waals surface area contributed by atoms with Gasteiger partial charge in [0, 0.05) is 30.8 Å². The molecule has 0 amide bonds. The van der Waals surface area contributed by atoms with Crippen molar-refractivity contribution >= 4 is 17.9 Å². The Morgan fingerprint density at radius 2 is 1.29 bits per heavy atom.